The van der Waals surface area contributed by atoms with Crippen LogP contribution >= 0.6 is 27.7 Å². The zero-order valence-electron chi connectivity index (χ0n) is 15.1. The van der Waals surface area contributed by atoms with E-state index in [0.29, 0.717) is 17.9 Å². The fourth-order valence-corrected chi connectivity index (χ4v) is 4.13. The number of thioether (sulfide) groups is 1. The summed E-state index contributed by atoms with van der Waals surface area (Å²) in [6.07, 6.45) is 1.65. The van der Waals surface area contributed by atoms with E-state index in [0.717, 1.165) is 32.3 Å². The molecule has 0 bridgehead atoms. The predicted molar refractivity (Wildman–Crippen MR) is 112 cm³/mol. The highest BCUT2D eigenvalue weighted by Crippen LogP contribution is 2.29. The minimum Gasteiger partial charge on any atom is -0.467 e. The van der Waals surface area contributed by atoms with Crippen molar-refractivity contribution >= 4 is 27.7 Å². The van der Waals surface area contributed by atoms with Crippen LogP contribution in [0.15, 0.2) is 74.9 Å². The van der Waals surface area contributed by atoms with Gasteiger partial charge in [-0.3, -0.25) is 4.57 Å². The molecule has 2 aromatic heterocycles. The second-order valence-electron chi connectivity index (χ2n) is 6.37. The number of hydrogen-bond acceptors (Lipinski definition) is 4. The first-order valence-electron chi connectivity index (χ1n) is 8.69. The Bertz CT molecular complexity index is 1090. The van der Waals surface area contributed by atoms with E-state index in [-0.39, 0.29) is 5.82 Å². The lowest BCUT2D eigenvalue weighted by Crippen LogP contribution is -2.04. The third kappa shape index (κ3) is 4.20. The van der Waals surface area contributed by atoms with Crippen molar-refractivity contribution in [1.82, 2.24) is 14.8 Å². The molecule has 0 fully saturated rings. The Balaban J connectivity index is 1.66. The Morgan fingerprint density at radius 3 is 2.75 bits per heavy atom. The summed E-state index contributed by atoms with van der Waals surface area (Å²) in [7, 11) is 0. The second-order valence-corrected chi connectivity index (χ2v) is 8.22. The van der Waals surface area contributed by atoms with Crippen LogP contribution in [0.5, 0.6) is 0 Å². The van der Waals surface area contributed by atoms with E-state index in [1.54, 1.807) is 12.3 Å². The van der Waals surface area contributed by atoms with Gasteiger partial charge in [-0.05, 0) is 42.8 Å². The molecule has 4 nitrogen and oxygen atoms in total. The fourth-order valence-electron chi connectivity index (χ4n) is 2.88. The van der Waals surface area contributed by atoms with E-state index in [2.05, 4.69) is 32.2 Å². The molecule has 0 spiro atoms. The second kappa shape index (κ2) is 8.32. The van der Waals surface area contributed by atoms with Crippen molar-refractivity contribution in [3.05, 3.63) is 88.0 Å². The van der Waals surface area contributed by atoms with Gasteiger partial charge in [0.25, 0.3) is 0 Å². The molecule has 0 radical (unpaired) electrons. The normalized spacial score (nSPS) is 11.1. The summed E-state index contributed by atoms with van der Waals surface area (Å²) in [5, 5.41) is 9.49. The largest absolute Gasteiger partial charge is 0.467 e. The molecule has 0 amide bonds. The maximum absolute atomic E-state index is 14.2. The number of halogens is 2. The highest BCUT2D eigenvalue weighted by Gasteiger charge is 2.17. The number of hydrogen-bond donors (Lipinski definition) is 0. The summed E-state index contributed by atoms with van der Waals surface area (Å²) in [6, 6.07) is 17.0. The Labute approximate surface area is 174 Å². The number of aryl methyl sites for hydroxylation is 1. The molecule has 0 aliphatic carbocycles. The van der Waals surface area contributed by atoms with E-state index in [4.69, 9.17) is 4.42 Å². The molecule has 0 saturated heterocycles. The molecular formula is C21H17BrFN3OS. The minimum atomic E-state index is -0.238. The molecule has 0 aliphatic heterocycles. The number of aromatic nitrogens is 3. The van der Waals surface area contributed by atoms with Crippen molar-refractivity contribution in [3.8, 4) is 11.4 Å². The molecule has 0 aliphatic rings. The van der Waals surface area contributed by atoms with Crippen molar-refractivity contribution in [2.24, 2.45) is 0 Å². The Morgan fingerprint density at radius 1 is 1.11 bits per heavy atom. The van der Waals surface area contributed by atoms with Gasteiger partial charge in [0.15, 0.2) is 11.0 Å². The molecule has 4 aromatic rings. The van der Waals surface area contributed by atoms with Gasteiger partial charge in [0, 0.05) is 15.8 Å². The summed E-state index contributed by atoms with van der Waals surface area (Å²) in [5.41, 5.74) is 2.76. The zero-order valence-corrected chi connectivity index (χ0v) is 17.5. The van der Waals surface area contributed by atoms with E-state index in [1.165, 1.54) is 17.8 Å². The standard InChI is InChI=1S/C21H17BrFN3OS/c1-14-4-2-5-15(10-14)20-24-25-21(26(20)12-18-6-3-9-27-18)28-13-16-7-8-17(22)11-19(16)23/h2-11H,12-13H2,1H3. The van der Waals surface area contributed by atoms with Crippen LogP contribution in [0.4, 0.5) is 4.39 Å². The Morgan fingerprint density at radius 2 is 2.00 bits per heavy atom. The first-order chi connectivity index (χ1) is 13.6. The van der Waals surface area contributed by atoms with Gasteiger partial charge in [-0.15, -0.1) is 10.2 Å². The smallest absolute Gasteiger partial charge is 0.192 e. The van der Waals surface area contributed by atoms with E-state index in [1.807, 2.05) is 47.9 Å². The van der Waals surface area contributed by atoms with Gasteiger partial charge in [-0.25, -0.2) is 4.39 Å². The van der Waals surface area contributed by atoms with Crippen LogP contribution in [0, 0.1) is 12.7 Å². The van der Waals surface area contributed by atoms with Crippen LogP contribution in [0.2, 0.25) is 0 Å². The highest BCUT2D eigenvalue weighted by molar-refractivity contribution is 9.10. The van der Waals surface area contributed by atoms with Crippen LogP contribution < -0.4 is 0 Å². The van der Waals surface area contributed by atoms with E-state index >= 15 is 0 Å². The molecule has 2 aromatic carbocycles. The summed E-state index contributed by atoms with van der Waals surface area (Å²) >= 11 is 4.74. The van der Waals surface area contributed by atoms with Crippen molar-refractivity contribution in [2.75, 3.05) is 0 Å². The molecule has 0 atom stereocenters. The lowest BCUT2D eigenvalue weighted by Gasteiger charge is -2.10. The average molecular weight is 458 g/mol. The van der Waals surface area contributed by atoms with E-state index < -0.39 is 0 Å². The van der Waals surface area contributed by atoms with E-state index in [9.17, 15) is 4.39 Å². The average Bonchev–Trinajstić information content (AvgIpc) is 3.32. The van der Waals surface area contributed by atoms with Crippen molar-refractivity contribution in [3.63, 3.8) is 0 Å². The van der Waals surface area contributed by atoms with Crippen LogP contribution in [0.3, 0.4) is 0 Å². The lowest BCUT2D eigenvalue weighted by atomic mass is 10.1. The quantitative estimate of drug-likeness (QED) is 0.328. The summed E-state index contributed by atoms with van der Waals surface area (Å²) < 4.78 is 22.4. The molecule has 0 saturated carbocycles. The zero-order chi connectivity index (χ0) is 19.5. The molecule has 2 heterocycles. The molecule has 7 heteroatoms. The number of benzene rings is 2. The molecule has 28 heavy (non-hydrogen) atoms. The number of furan rings is 1. The first kappa shape index (κ1) is 19.0. The van der Waals surface area contributed by atoms with Crippen molar-refractivity contribution in [1.29, 1.82) is 0 Å². The Kier molecular flexibility index (Phi) is 5.64. The number of nitrogens with zero attached hydrogens (tertiary/aromatic N) is 3. The molecule has 0 N–H and O–H groups in total. The highest BCUT2D eigenvalue weighted by atomic mass is 79.9. The molecular weight excluding hydrogens is 441 g/mol. The minimum absolute atomic E-state index is 0.238. The summed E-state index contributed by atoms with van der Waals surface area (Å²) in [4.78, 5) is 0. The van der Waals surface area contributed by atoms with Gasteiger partial charge in [0.05, 0.1) is 12.8 Å². The molecule has 0 unspecified atom stereocenters. The monoisotopic (exact) mass is 457 g/mol. The Hall–Kier alpha value is -2.38. The van der Waals surface area contributed by atoms with Crippen LogP contribution in [0.25, 0.3) is 11.4 Å². The van der Waals surface area contributed by atoms with Gasteiger partial charge in [0.1, 0.15) is 11.6 Å². The maximum atomic E-state index is 14.2. The van der Waals surface area contributed by atoms with Crippen LogP contribution in [-0.4, -0.2) is 14.8 Å². The SMILES string of the molecule is Cc1cccc(-c2nnc(SCc3ccc(Br)cc3F)n2Cc2ccco2)c1. The predicted octanol–water partition coefficient (Wildman–Crippen LogP) is 6.09. The van der Waals surface area contributed by atoms with Crippen LogP contribution in [0.1, 0.15) is 16.9 Å². The van der Waals surface area contributed by atoms with Crippen LogP contribution in [-0.2, 0) is 12.3 Å². The fraction of sp³-hybridized carbons (Fsp3) is 0.143. The molecule has 142 valence electrons. The van der Waals surface area contributed by atoms with Gasteiger partial charge < -0.3 is 4.42 Å². The molecule has 4 rings (SSSR count). The summed E-state index contributed by atoms with van der Waals surface area (Å²) in [5.74, 6) is 1.80. The first-order valence-corrected chi connectivity index (χ1v) is 10.5. The lowest BCUT2D eigenvalue weighted by molar-refractivity contribution is 0.485. The third-order valence-electron chi connectivity index (χ3n) is 4.26. The topological polar surface area (TPSA) is 43.9 Å². The third-order valence-corrected chi connectivity index (χ3v) is 5.77. The number of rotatable bonds is 6. The van der Waals surface area contributed by atoms with Gasteiger partial charge in [-0.1, -0.05) is 57.5 Å². The van der Waals surface area contributed by atoms with Crippen molar-refractivity contribution < 1.29 is 8.81 Å². The van der Waals surface area contributed by atoms with Gasteiger partial charge >= 0.3 is 0 Å². The van der Waals surface area contributed by atoms with Gasteiger partial charge in [0.2, 0.25) is 0 Å². The maximum Gasteiger partial charge on any atom is 0.192 e. The van der Waals surface area contributed by atoms with Crippen molar-refractivity contribution in [2.45, 2.75) is 24.4 Å². The van der Waals surface area contributed by atoms with Gasteiger partial charge in [-0.2, -0.15) is 0 Å². The summed E-state index contributed by atoms with van der Waals surface area (Å²) in [6.45, 7) is 2.55.